The van der Waals surface area contributed by atoms with Gasteiger partial charge in [-0.1, -0.05) is 13.3 Å². The van der Waals surface area contributed by atoms with Gasteiger partial charge in [-0.25, -0.2) is 9.48 Å². The van der Waals surface area contributed by atoms with Crippen LogP contribution in [0, 0.1) is 0 Å². The summed E-state index contributed by atoms with van der Waals surface area (Å²) in [5, 5.41) is 20.1. The molecule has 0 aliphatic rings. The van der Waals surface area contributed by atoms with E-state index in [1.54, 1.807) is 13.8 Å². The van der Waals surface area contributed by atoms with Crippen molar-refractivity contribution in [1.82, 2.24) is 20.2 Å². The molecule has 0 saturated heterocycles. The maximum atomic E-state index is 11.0. The second kappa shape index (κ2) is 4.37. The summed E-state index contributed by atoms with van der Waals surface area (Å²) in [7, 11) is 0. The Bertz CT molecular complexity index is 346. The highest BCUT2D eigenvalue weighted by Crippen LogP contribution is 2.16. The Morgan fingerprint density at radius 2 is 2.20 bits per heavy atom. The minimum absolute atomic E-state index is 0.629. The molecule has 0 aliphatic carbocycles. The van der Waals surface area contributed by atoms with E-state index in [1.165, 1.54) is 4.68 Å². The molecule has 84 valence electrons. The Morgan fingerprint density at radius 1 is 1.53 bits per heavy atom. The molecule has 0 atom stereocenters. The predicted molar refractivity (Wildman–Crippen MR) is 53.4 cm³/mol. The monoisotopic (exact) mass is 212 g/mol. The van der Waals surface area contributed by atoms with Crippen LogP contribution in [0.3, 0.4) is 0 Å². The van der Waals surface area contributed by atoms with Gasteiger partial charge in [0.25, 0.3) is 0 Å². The number of hydrogen-bond donors (Lipinski definition) is 1. The molecule has 0 aromatic carbocycles. The van der Waals surface area contributed by atoms with Crippen molar-refractivity contribution in [1.29, 1.82) is 0 Å². The van der Waals surface area contributed by atoms with Crippen molar-refractivity contribution in [2.24, 2.45) is 0 Å². The van der Waals surface area contributed by atoms with Crippen molar-refractivity contribution >= 4 is 5.97 Å². The number of carboxylic acid groups (broad SMARTS) is 1. The van der Waals surface area contributed by atoms with Crippen LogP contribution in [0.2, 0.25) is 0 Å². The summed E-state index contributed by atoms with van der Waals surface area (Å²) in [6, 6.07) is 0. The highest BCUT2D eigenvalue weighted by Gasteiger charge is 2.33. The number of carbonyl (C=O) groups is 1. The molecule has 1 aromatic heterocycles. The van der Waals surface area contributed by atoms with Crippen LogP contribution in [-0.2, 0) is 16.8 Å². The van der Waals surface area contributed by atoms with Crippen LogP contribution in [0.15, 0.2) is 0 Å². The number of aromatic nitrogens is 4. The Labute approximate surface area is 88.3 Å². The summed E-state index contributed by atoms with van der Waals surface area (Å²) in [5.74, 6) is -0.309. The molecule has 15 heavy (non-hydrogen) atoms. The number of nitrogens with zero attached hydrogens (tertiary/aromatic N) is 4. The zero-order valence-electron chi connectivity index (χ0n) is 9.27. The van der Waals surface area contributed by atoms with Crippen molar-refractivity contribution in [3.63, 3.8) is 0 Å². The van der Waals surface area contributed by atoms with Gasteiger partial charge in [0.2, 0.25) is 0 Å². The third-order valence-electron chi connectivity index (χ3n) is 2.34. The van der Waals surface area contributed by atoms with Crippen molar-refractivity contribution in [3.05, 3.63) is 5.82 Å². The van der Waals surface area contributed by atoms with E-state index >= 15 is 0 Å². The van der Waals surface area contributed by atoms with Gasteiger partial charge >= 0.3 is 5.97 Å². The van der Waals surface area contributed by atoms with Gasteiger partial charge in [-0.2, -0.15) is 0 Å². The van der Waals surface area contributed by atoms with Crippen LogP contribution >= 0.6 is 0 Å². The second-order valence-electron chi connectivity index (χ2n) is 3.97. The molecule has 0 radical (unpaired) electrons. The van der Waals surface area contributed by atoms with E-state index < -0.39 is 11.5 Å². The standard InChI is InChI=1S/C9H16N4O2/c1-4-5-6-7-10-11-12-13(7)9(2,3)8(14)15/h4-6H2,1-3H3,(H,14,15). The molecule has 0 spiro atoms. The number of unbranched alkanes of at least 4 members (excludes halogenated alkanes) is 1. The maximum Gasteiger partial charge on any atom is 0.331 e. The van der Waals surface area contributed by atoms with Crippen molar-refractivity contribution in [2.75, 3.05) is 0 Å². The van der Waals surface area contributed by atoms with Crippen LogP contribution in [-0.4, -0.2) is 31.3 Å². The summed E-state index contributed by atoms with van der Waals surface area (Å²) in [4.78, 5) is 11.0. The molecule has 1 aromatic rings. The molecule has 1 N–H and O–H groups in total. The van der Waals surface area contributed by atoms with Crippen LogP contribution in [0.5, 0.6) is 0 Å². The number of tetrazole rings is 1. The number of aryl methyl sites for hydroxylation is 1. The van der Waals surface area contributed by atoms with E-state index in [0.29, 0.717) is 12.2 Å². The zero-order valence-corrected chi connectivity index (χ0v) is 9.27. The lowest BCUT2D eigenvalue weighted by Crippen LogP contribution is -2.37. The van der Waals surface area contributed by atoms with Gasteiger partial charge in [-0.05, 0) is 30.7 Å². The molecular formula is C9H16N4O2. The van der Waals surface area contributed by atoms with Gasteiger partial charge in [0, 0.05) is 6.42 Å². The van der Waals surface area contributed by atoms with E-state index in [9.17, 15) is 4.79 Å². The summed E-state index contributed by atoms with van der Waals surface area (Å²) in [6.07, 6.45) is 2.69. The number of hydrogen-bond acceptors (Lipinski definition) is 4. The minimum Gasteiger partial charge on any atom is -0.479 e. The van der Waals surface area contributed by atoms with Crippen molar-refractivity contribution < 1.29 is 9.90 Å². The van der Waals surface area contributed by atoms with Gasteiger partial charge in [0.15, 0.2) is 11.4 Å². The molecule has 6 heteroatoms. The fourth-order valence-corrected chi connectivity index (χ4v) is 1.22. The molecule has 0 aliphatic heterocycles. The largest absolute Gasteiger partial charge is 0.479 e. The maximum absolute atomic E-state index is 11.0. The van der Waals surface area contributed by atoms with E-state index in [2.05, 4.69) is 22.4 Å². The van der Waals surface area contributed by atoms with Crippen LogP contribution in [0.1, 0.15) is 39.4 Å². The van der Waals surface area contributed by atoms with E-state index in [1.807, 2.05) is 0 Å². The molecule has 0 unspecified atom stereocenters. The average Bonchev–Trinajstić information content (AvgIpc) is 2.62. The lowest BCUT2D eigenvalue weighted by atomic mass is 10.1. The lowest BCUT2D eigenvalue weighted by molar-refractivity contribution is -0.146. The fraction of sp³-hybridized carbons (Fsp3) is 0.778. The second-order valence-corrected chi connectivity index (χ2v) is 3.97. The van der Waals surface area contributed by atoms with E-state index in [4.69, 9.17) is 5.11 Å². The van der Waals surface area contributed by atoms with Crippen molar-refractivity contribution in [3.8, 4) is 0 Å². The molecular weight excluding hydrogens is 196 g/mol. The molecule has 0 fully saturated rings. The predicted octanol–water partition coefficient (Wildman–Crippen LogP) is 0.835. The van der Waals surface area contributed by atoms with Crippen molar-refractivity contribution in [2.45, 2.75) is 45.6 Å². The molecule has 0 amide bonds. The molecule has 1 rings (SSSR count). The van der Waals surface area contributed by atoms with Gasteiger partial charge in [-0.15, -0.1) is 5.10 Å². The summed E-state index contributed by atoms with van der Waals surface area (Å²) in [6.45, 7) is 5.23. The Kier molecular flexibility index (Phi) is 3.39. The Morgan fingerprint density at radius 3 is 2.73 bits per heavy atom. The molecule has 6 nitrogen and oxygen atoms in total. The van der Waals surface area contributed by atoms with Crippen LogP contribution in [0.25, 0.3) is 0 Å². The summed E-state index contributed by atoms with van der Waals surface area (Å²) >= 11 is 0. The third-order valence-corrected chi connectivity index (χ3v) is 2.34. The first kappa shape index (κ1) is 11.6. The molecule has 0 saturated carbocycles. The Hall–Kier alpha value is -1.46. The Balaban J connectivity index is 2.94. The van der Waals surface area contributed by atoms with Gasteiger partial charge < -0.3 is 5.11 Å². The van der Waals surface area contributed by atoms with E-state index in [0.717, 1.165) is 12.8 Å². The lowest BCUT2D eigenvalue weighted by Gasteiger charge is -2.20. The minimum atomic E-state index is -1.09. The SMILES string of the molecule is CCCCc1nnnn1C(C)(C)C(=O)O. The first-order valence-corrected chi connectivity index (χ1v) is 5.01. The van der Waals surface area contributed by atoms with Crippen LogP contribution < -0.4 is 0 Å². The first-order chi connectivity index (χ1) is 7.00. The quantitative estimate of drug-likeness (QED) is 0.782. The average molecular weight is 212 g/mol. The number of aliphatic carboxylic acids is 1. The highest BCUT2D eigenvalue weighted by atomic mass is 16.4. The molecule has 0 bridgehead atoms. The number of rotatable bonds is 5. The van der Waals surface area contributed by atoms with Gasteiger partial charge in [-0.3, -0.25) is 0 Å². The number of carboxylic acids is 1. The van der Waals surface area contributed by atoms with E-state index in [-0.39, 0.29) is 0 Å². The first-order valence-electron chi connectivity index (χ1n) is 5.01. The highest BCUT2D eigenvalue weighted by molar-refractivity contribution is 5.75. The smallest absolute Gasteiger partial charge is 0.331 e. The topological polar surface area (TPSA) is 80.9 Å². The normalized spacial score (nSPS) is 11.7. The summed E-state index contributed by atoms with van der Waals surface area (Å²) in [5.41, 5.74) is -1.09. The molecule has 1 heterocycles. The fourth-order valence-electron chi connectivity index (χ4n) is 1.22. The van der Waals surface area contributed by atoms with Gasteiger partial charge in [0.05, 0.1) is 0 Å². The summed E-state index contributed by atoms with van der Waals surface area (Å²) < 4.78 is 1.38. The third kappa shape index (κ3) is 2.31. The zero-order chi connectivity index (χ0) is 11.5. The van der Waals surface area contributed by atoms with Gasteiger partial charge in [0.1, 0.15) is 0 Å². The van der Waals surface area contributed by atoms with Crippen LogP contribution in [0.4, 0.5) is 0 Å².